The Morgan fingerprint density at radius 2 is 2.43 bits per heavy atom. The molecular weight excluding hydrogens is 180 g/mol. The Labute approximate surface area is 83.0 Å². The highest BCUT2D eigenvalue weighted by Gasteiger charge is 2.24. The number of hydrogen-bond donors (Lipinski definition) is 1. The molecule has 0 amide bonds. The average molecular weight is 194 g/mol. The number of nitrogens with zero attached hydrogens (tertiary/aromatic N) is 2. The second-order valence-electron chi connectivity index (χ2n) is 3.59. The zero-order valence-corrected chi connectivity index (χ0v) is 8.18. The molecule has 14 heavy (non-hydrogen) atoms. The van der Waals surface area contributed by atoms with Crippen LogP contribution >= 0.6 is 0 Å². The molecule has 2 unspecified atom stereocenters. The monoisotopic (exact) mass is 194 g/mol. The van der Waals surface area contributed by atoms with Crippen molar-refractivity contribution in [3.8, 4) is 0 Å². The van der Waals surface area contributed by atoms with Gasteiger partial charge in [-0.25, -0.2) is 9.97 Å². The first-order valence-corrected chi connectivity index (χ1v) is 4.85. The Balaban J connectivity index is 2.14. The summed E-state index contributed by atoms with van der Waals surface area (Å²) in [6.45, 7) is 2.51. The molecule has 0 spiro atoms. The summed E-state index contributed by atoms with van der Waals surface area (Å²) >= 11 is 0. The number of rotatable bonds is 1. The summed E-state index contributed by atoms with van der Waals surface area (Å²) in [5, 5.41) is 9.47. The van der Waals surface area contributed by atoms with Crippen molar-refractivity contribution in [3.05, 3.63) is 23.8 Å². The highest BCUT2D eigenvalue weighted by molar-refractivity contribution is 5.02. The Kier molecular flexibility index (Phi) is 2.74. The lowest BCUT2D eigenvalue weighted by Crippen LogP contribution is -2.24. The van der Waals surface area contributed by atoms with E-state index in [0.29, 0.717) is 25.3 Å². The topological polar surface area (TPSA) is 55.2 Å². The summed E-state index contributed by atoms with van der Waals surface area (Å²) in [6.07, 6.45) is 2.62. The van der Waals surface area contributed by atoms with Crippen LogP contribution in [0.2, 0.25) is 0 Å². The van der Waals surface area contributed by atoms with E-state index in [0.717, 1.165) is 5.69 Å². The van der Waals surface area contributed by atoms with Gasteiger partial charge in [0.15, 0.2) is 5.82 Å². The summed E-state index contributed by atoms with van der Waals surface area (Å²) < 4.78 is 5.50. The van der Waals surface area contributed by atoms with E-state index < -0.39 is 0 Å². The molecule has 0 aliphatic carbocycles. The number of aliphatic hydroxyl groups is 1. The first-order chi connectivity index (χ1) is 6.75. The number of aromatic nitrogens is 2. The summed E-state index contributed by atoms with van der Waals surface area (Å²) in [7, 11) is 0. The maximum atomic E-state index is 9.47. The van der Waals surface area contributed by atoms with Crippen molar-refractivity contribution in [2.24, 2.45) is 0 Å². The third kappa shape index (κ3) is 2.08. The van der Waals surface area contributed by atoms with Crippen molar-refractivity contribution in [2.45, 2.75) is 32.0 Å². The molecule has 1 aromatic heterocycles. The van der Waals surface area contributed by atoms with Crippen LogP contribution in [0.5, 0.6) is 0 Å². The van der Waals surface area contributed by atoms with E-state index in [1.807, 2.05) is 13.0 Å². The molecule has 1 N–H and O–H groups in total. The first kappa shape index (κ1) is 9.55. The van der Waals surface area contributed by atoms with Crippen molar-refractivity contribution in [3.63, 3.8) is 0 Å². The van der Waals surface area contributed by atoms with Crippen LogP contribution in [0.1, 0.15) is 30.5 Å². The van der Waals surface area contributed by atoms with Crippen LogP contribution in [0.25, 0.3) is 0 Å². The second kappa shape index (κ2) is 4.02. The van der Waals surface area contributed by atoms with E-state index in [4.69, 9.17) is 4.74 Å². The number of aryl methyl sites for hydroxylation is 1. The minimum Gasteiger partial charge on any atom is -0.393 e. The third-order valence-electron chi connectivity index (χ3n) is 2.36. The lowest BCUT2D eigenvalue weighted by atomic mass is 10.1. The van der Waals surface area contributed by atoms with Crippen molar-refractivity contribution >= 4 is 0 Å². The molecule has 4 heteroatoms. The molecule has 1 fully saturated rings. The Morgan fingerprint density at radius 1 is 1.57 bits per heavy atom. The molecule has 76 valence electrons. The molecule has 0 radical (unpaired) electrons. The second-order valence-corrected chi connectivity index (χ2v) is 3.59. The maximum Gasteiger partial charge on any atom is 0.157 e. The third-order valence-corrected chi connectivity index (χ3v) is 2.36. The first-order valence-electron chi connectivity index (χ1n) is 4.85. The fourth-order valence-electron chi connectivity index (χ4n) is 1.58. The fourth-order valence-corrected chi connectivity index (χ4v) is 1.58. The van der Waals surface area contributed by atoms with Crippen LogP contribution in [0.15, 0.2) is 12.3 Å². The smallest absolute Gasteiger partial charge is 0.157 e. The summed E-state index contributed by atoms with van der Waals surface area (Å²) in [6, 6.07) is 1.85. The van der Waals surface area contributed by atoms with E-state index in [1.54, 1.807) is 6.20 Å². The number of aliphatic hydroxyl groups excluding tert-OH is 1. The molecule has 2 heterocycles. The zero-order valence-electron chi connectivity index (χ0n) is 8.18. The van der Waals surface area contributed by atoms with Crippen LogP contribution < -0.4 is 0 Å². The van der Waals surface area contributed by atoms with Gasteiger partial charge in [0.2, 0.25) is 0 Å². The Hall–Kier alpha value is -1.00. The van der Waals surface area contributed by atoms with Crippen LogP contribution in [-0.4, -0.2) is 27.8 Å². The normalized spacial score (nSPS) is 27.6. The highest BCUT2D eigenvalue weighted by atomic mass is 16.5. The number of ether oxygens (including phenoxy) is 1. The largest absolute Gasteiger partial charge is 0.393 e. The van der Waals surface area contributed by atoms with Crippen LogP contribution in [0.3, 0.4) is 0 Å². The zero-order chi connectivity index (χ0) is 9.97. The summed E-state index contributed by atoms with van der Waals surface area (Å²) in [4.78, 5) is 8.43. The van der Waals surface area contributed by atoms with Gasteiger partial charge in [0, 0.05) is 18.3 Å². The van der Waals surface area contributed by atoms with E-state index in [1.165, 1.54) is 0 Å². The molecule has 1 aliphatic heterocycles. The van der Waals surface area contributed by atoms with Crippen LogP contribution in [0.4, 0.5) is 0 Å². The van der Waals surface area contributed by atoms with Gasteiger partial charge in [-0.1, -0.05) is 0 Å². The van der Waals surface area contributed by atoms with Gasteiger partial charge in [0.05, 0.1) is 12.7 Å². The Morgan fingerprint density at radius 3 is 3.14 bits per heavy atom. The van der Waals surface area contributed by atoms with E-state index in [-0.39, 0.29) is 12.2 Å². The quantitative estimate of drug-likeness (QED) is 0.724. The standard InChI is InChI=1S/C10H14N2O2/c1-7-2-4-11-10(12-7)9-6-8(13)3-5-14-9/h2,4,8-9,13H,3,5-6H2,1H3. The van der Waals surface area contributed by atoms with E-state index >= 15 is 0 Å². The van der Waals surface area contributed by atoms with Gasteiger partial charge in [-0.05, 0) is 19.4 Å². The molecule has 1 aliphatic rings. The van der Waals surface area contributed by atoms with E-state index in [2.05, 4.69) is 9.97 Å². The molecule has 0 saturated carbocycles. The molecule has 4 nitrogen and oxygen atoms in total. The van der Waals surface area contributed by atoms with Crippen molar-refractivity contribution in [2.75, 3.05) is 6.61 Å². The van der Waals surface area contributed by atoms with Crippen molar-refractivity contribution in [1.29, 1.82) is 0 Å². The van der Waals surface area contributed by atoms with Gasteiger partial charge in [0.25, 0.3) is 0 Å². The average Bonchev–Trinajstić information content (AvgIpc) is 2.18. The molecule has 2 rings (SSSR count). The summed E-state index contributed by atoms with van der Waals surface area (Å²) in [5.74, 6) is 0.684. The lowest BCUT2D eigenvalue weighted by molar-refractivity contribution is -0.0487. The molecular formula is C10H14N2O2. The maximum absolute atomic E-state index is 9.47. The van der Waals surface area contributed by atoms with Gasteiger partial charge in [0.1, 0.15) is 6.10 Å². The molecule has 1 aromatic rings. The van der Waals surface area contributed by atoms with Gasteiger partial charge < -0.3 is 9.84 Å². The summed E-state index contributed by atoms with van der Waals surface area (Å²) in [5.41, 5.74) is 0.929. The van der Waals surface area contributed by atoms with Gasteiger partial charge in [-0.3, -0.25) is 0 Å². The molecule has 0 aromatic carbocycles. The number of hydrogen-bond acceptors (Lipinski definition) is 4. The van der Waals surface area contributed by atoms with Crippen molar-refractivity contribution < 1.29 is 9.84 Å². The van der Waals surface area contributed by atoms with Gasteiger partial charge in [-0.15, -0.1) is 0 Å². The van der Waals surface area contributed by atoms with Crippen LogP contribution in [-0.2, 0) is 4.74 Å². The van der Waals surface area contributed by atoms with Gasteiger partial charge in [-0.2, -0.15) is 0 Å². The lowest BCUT2D eigenvalue weighted by Gasteiger charge is -2.25. The van der Waals surface area contributed by atoms with E-state index in [9.17, 15) is 5.11 Å². The minimum absolute atomic E-state index is 0.140. The molecule has 2 atom stereocenters. The molecule has 1 saturated heterocycles. The highest BCUT2D eigenvalue weighted by Crippen LogP contribution is 2.25. The Bertz CT molecular complexity index is 317. The molecule has 0 bridgehead atoms. The predicted molar refractivity (Wildman–Crippen MR) is 50.7 cm³/mol. The predicted octanol–water partition coefficient (Wildman–Crippen LogP) is 0.997. The van der Waals surface area contributed by atoms with Crippen LogP contribution in [0, 0.1) is 6.92 Å². The van der Waals surface area contributed by atoms with Gasteiger partial charge >= 0.3 is 0 Å². The SMILES string of the molecule is Cc1ccnc(C2CC(O)CCO2)n1. The van der Waals surface area contributed by atoms with Crippen molar-refractivity contribution in [1.82, 2.24) is 9.97 Å². The fraction of sp³-hybridized carbons (Fsp3) is 0.600. The minimum atomic E-state index is -0.280.